The summed E-state index contributed by atoms with van der Waals surface area (Å²) in [5.74, 6) is 2.03. The number of hydrogen-bond donors (Lipinski definition) is 2. The fourth-order valence-corrected chi connectivity index (χ4v) is 4.25. The van der Waals surface area contributed by atoms with Gasteiger partial charge >= 0.3 is 0 Å². The van der Waals surface area contributed by atoms with Gasteiger partial charge in [-0.05, 0) is 18.2 Å². The second kappa shape index (κ2) is 7.19. The number of benzene rings is 1. The van der Waals surface area contributed by atoms with E-state index in [2.05, 4.69) is 20.3 Å². The topological polar surface area (TPSA) is 85.0 Å². The highest BCUT2D eigenvalue weighted by atomic mass is 35.5. The van der Waals surface area contributed by atoms with Crippen molar-refractivity contribution in [3.05, 3.63) is 52.9 Å². The summed E-state index contributed by atoms with van der Waals surface area (Å²) in [6.45, 7) is 0. The number of aromatic amines is 1. The zero-order valence-electron chi connectivity index (χ0n) is 16.0. The predicted octanol–water partition coefficient (Wildman–Crippen LogP) is 5.58. The van der Waals surface area contributed by atoms with E-state index in [1.165, 1.54) is 14.2 Å². The number of nitrogens with zero attached hydrogens (tertiary/aromatic N) is 3. The van der Waals surface area contributed by atoms with Crippen molar-refractivity contribution >= 4 is 34.7 Å². The van der Waals surface area contributed by atoms with Crippen LogP contribution in [0.3, 0.4) is 0 Å². The first kappa shape index (κ1) is 18.7. The maximum atomic E-state index is 6.64. The van der Waals surface area contributed by atoms with Gasteiger partial charge in [0, 0.05) is 29.6 Å². The Kier molecular flexibility index (Phi) is 4.49. The van der Waals surface area contributed by atoms with E-state index < -0.39 is 0 Å². The quantitative estimate of drug-likeness (QED) is 0.381. The minimum atomic E-state index is 0.310. The number of methoxy groups -OCH3 is 2. The number of rotatable bonds is 3. The van der Waals surface area contributed by atoms with Crippen molar-refractivity contribution < 1.29 is 9.47 Å². The van der Waals surface area contributed by atoms with Crippen molar-refractivity contribution in [3.8, 4) is 45.4 Å². The number of halogens is 2. The molecule has 0 spiro atoms. The highest BCUT2D eigenvalue weighted by molar-refractivity contribution is 6.40. The van der Waals surface area contributed by atoms with Crippen molar-refractivity contribution in [2.24, 2.45) is 0 Å². The second-order valence-electron chi connectivity index (χ2n) is 6.54. The number of fused-ring (bicyclic) bond motifs is 5. The van der Waals surface area contributed by atoms with Crippen LogP contribution in [-0.4, -0.2) is 34.2 Å². The highest BCUT2D eigenvalue weighted by Crippen LogP contribution is 2.48. The van der Waals surface area contributed by atoms with E-state index in [1.807, 2.05) is 18.2 Å². The molecule has 0 unspecified atom stereocenters. The summed E-state index contributed by atoms with van der Waals surface area (Å²) in [6.07, 6.45) is 5.20. The summed E-state index contributed by atoms with van der Waals surface area (Å²) >= 11 is 13.2. The molecule has 150 valence electrons. The van der Waals surface area contributed by atoms with Crippen LogP contribution in [0.2, 0.25) is 10.0 Å². The Labute approximate surface area is 182 Å². The summed E-state index contributed by atoms with van der Waals surface area (Å²) < 4.78 is 10.8. The fourth-order valence-electron chi connectivity index (χ4n) is 3.56. The number of anilines is 2. The Bertz CT molecular complexity index is 1230. The van der Waals surface area contributed by atoms with E-state index in [0.717, 1.165) is 28.2 Å². The van der Waals surface area contributed by atoms with Crippen molar-refractivity contribution in [1.29, 1.82) is 0 Å². The minimum absolute atomic E-state index is 0.310. The Morgan fingerprint density at radius 3 is 2.70 bits per heavy atom. The smallest absolute Gasteiger partial charge is 0.180 e. The van der Waals surface area contributed by atoms with Crippen molar-refractivity contribution in [2.75, 3.05) is 19.5 Å². The Hall–Kier alpha value is -3.29. The molecule has 0 atom stereocenters. The van der Waals surface area contributed by atoms with Gasteiger partial charge in [-0.1, -0.05) is 23.2 Å². The molecule has 1 aliphatic heterocycles. The summed E-state index contributed by atoms with van der Waals surface area (Å²) in [4.78, 5) is 16.9. The molecule has 0 fully saturated rings. The van der Waals surface area contributed by atoms with E-state index in [0.29, 0.717) is 38.8 Å². The molecule has 1 aromatic carbocycles. The molecule has 7 nitrogen and oxygen atoms in total. The summed E-state index contributed by atoms with van der Waals surface area (Å²) in [7, 11) is 3.05. The second-order valence-corrected chi connectivity index (χ2v) is 7.32. The largest absolute Gasteiger partial charge is 0.493 e. The average Bonchev–Trinajstić information content (AvgIpc) is 3.13. The average molecular weight is 440 g/mol. The normalized spacial score (nSPS) is 11.6. The van der Waals surface area contributed by atoms with Gasteiger partial charge in [-0.25, -0.2) is 9.97 Å². The lowest BCUT2D eigenvalue weighted by molar-refractivity contribution is 0.355. The Morgan fingerprint density at radius 1 is 1.03 bits per heavy atom. The molecular formula is C21H15Cl2N5O2. The fraction of sp³-hybridized carbons (Fsp3) is 0.0952. The number of H-pyrrole nitrogens is 1. The Balaban J connectivity index is 1.80. The van der Waals surface area contributed by atoms with Crippen molar-refractivity contribution in [3.63, 3.8) is 0 Å². The maximum absolute atomic E-state index is 6.64. The van der Waals surface area contributed by atoms with Crippen LogP contribution in [0.15, 0.2) is 42.9 Å². The number of ether oxygens (including phenoxy) is 2. The van der Waals surface area contributed by atoms with Crippen molar-refractivity contribution in [2.45, 2.75) is 0 Å². The lowest BCUT2D eigenvalue weighted by Gasteiger charge is -2.13. The summed E-state index contributed by atoms with van der Waals surface area (Å²) in [6, 6.07) is 7.39. The third kappa shape index (κ3) is 2.78. The number of pyridine rings is 2. The third-order valence-corrected chi connectivity index (χ3v) is 5.57. The van der Waals surface area contributed by atoms with Crippen LogP contribution in [0.5, 0.6) is 11.5 Å². The van der Waals surface area contributed by atoms with Gasteiger partial charge < -0.3 is 19.8 Å². The van der Waals surface area contributed by atoms with Crippen LogP contribution >= 0.6 is 23.2 Å². The lowest BCUT2D eigenvalue weighted by Crippen LogP contribution is -1.97. The van der Waals surface area contributed by atoms with Gasteiger partial charge in [0.15, 0.2) is 11.5 Å². The van der Waals surface area contributed by atoms with E-state index in [-0.39, 0.29) is 0 Å². The van der Waals surface area contributed by atoms with E-state index >= 15 is 0 Å². The SMILES string of the molecule is COc1cc(Cl)c(-c2nc3c([nH]2)-c2ccncc2Nc2ncccc2-3)c(Cl)c1OC. The predicted molar refractivity (Wildman–Crippen MR) is 117 cm³/mol. The molecule has 0 aliphatic carbocycles. The number of hydrogen-bond acceptors (Lipinski definition) is 6. The molecule has 1 aliphatic rings. The molecule has 2 N–H and O–H groups in total. The van der Waals surface area contributed by atoms with E-state index in [1.54, 1.807) is 24.7 Å². The molecule has 30 heavy (non-hydrogen) atoms. The molecule has 9 heteroatoms. The van der Waals surface area contributed by atoms with Crippen LogP contribution in [-0.2, 0) is 0 Å². The van der Waals surface area contributed by atoms with Gasteiger partial charge in [-0.3, -0.25) is 4.98 Å². The monoisotopic (exact) mass is 439 g/mol. The van der Waals surface area contributed by atoms with Crippen LogP contribution in [0, 0.1) is 0 Å². The van der Waals surface area contributed by atoms with Crippen molar-refractivity contribution in [1.82, 2.24) is 19.9 Å². The molecule has 4 aromatic rings. The van der Waals surface area contributed by atoms with Gasteiger partial charge in [0.25, 0.3) is 0 Å². The zero-order chi connectivity index (χ0) is 20.8. The van der Waals surface area contributed by atoms with Crippen LogP contribution < -0.4 is 14.8 Å². The zero-order valence-corrected chi connectivity index (χ0v) is 17.5. The standard InChI is InChI=1S/C21H15Cl2N5O2/c1-29-14-8-12(22)15(16(23)19(14)30-2)21-27-17-10-5-7-24-9-13(10)26-20-11(18(17)28-21)4-3-6-25-20/h3-9H,1-2H3,(H,25,26)(H,27,28). The third-order valence-electron chi connectivity index (χ3n) is 4.91. The lowest BCUT2D eigenvalue weighted by atomic mass is 10.1. The first-order chi connectivity index (χ1) is 14.6. The van der Waals surface area contributed by atoms with Crippen LogP contribution in [0.25, 0.3) is 33.9 Å². The molecule has 0 saturated heterocycles. The van der Waals surface area contributed by atoms with Gasteiger partial charge in [0.1, 0.15) is 17.3 Å². The van der Waals surface area contributed by atoms with Gasteiger partial charge in [-0.2, -0.15) is 0 Å². The molecule has 4 heterocycles. The van der Waals surface area contributed by atoms with Crippen LogP contribution in [0.4, 0.5) is 11.5 Å². The molecular weight excluding hydrogens is 425 g/mol. The number of aromatic nitrogens is 4. The molecule has 5 rings (SSSR count). The van der Waals surface area contributed by atoms with Gasteiger partial charge in [0.05, 0.1) is 47.4 Å². The molecule has 0 radical (unpaired) electrons. The minimum Gasteiger partial charge on any atom is -0.493 e. The maximum Gasteiger partial charge on any atom is 0.180 e. The van der Waals surface area contributed by atoms with Gasteiger partial charge in [0.2, 0.25) is 0 Å². The van der Waals surface area contributed by atoms with Crippen LogP contribution in [0.1, 0.15) is 0 Å². The summed E-state index contributed by atoms with van der Waals surface area (Å²) in [5.41, 5.74) is 4.63. The molecule has 0 amide bonds. The first-order valence-corrected chi connectivity index (χ1v) is 9.75. The molecule has 3 aromatic heterocycles. The first-order valence-electron chi connectivity index (χ1n) is 8.99. The highest BCUT2D eigenvalue weighted by Gasteiger charge is 2.27. The number of nitrogens with one attached hydrogen (secondary N) is 2. The summed E-state index contributed by atoms with van der Waals surface area (Å²) in [5, 5.41) is 4.03. The Morgan fingerprint density at radius 2 is 1.90 bits per heavy atom. The number of imidazole rings is 1. The van der Waals surface area contributed by atoms with E-state index in [4.69, 9.17) is 37.7 Å². The molecule has 0 bridgehead atoms. The van der Waals surface area contributed by atoms with E-state index in [9.17, 15) is 0 Å². The van der Waals surface area contributed by atoms with Gasteiger partial charge in [-0.15, -0.1) is 0 Å². The molecule has 0 saturated carbocycles.